The van der Waals surface area contributed by atoms with Gasteiger partial charge in [-0.1, -0.05) is 12.1 Å². The quantitative estimate of drug-likeness (QED) is 0.667. The zero-order valence-corrected chi connectivity index (χ0v) is 16.5. The van der Waals surface area contributed by atoms with Crippen molar-refractivity contribution in [3.63, 3.8) is 0 Å². The Labute approximate surface area is 169 Å². The molecule has 2 aromatic heterocycles. The van der Waals surface area contributed by atoms with Crippen molar-refractivity contribution in [1.29, 1.82) is 0 Å². The predicted octanol–water partition coefficient (Wildman–Crippen LogP) is 2.85. The summed E-state index contributed by atoms with van der Waals surface area (Å²) in [5, 5.41) is 3.22. The summed E-state index contributed by atoms with van der Waals surface area (Å²) >= 11 is 0. The van der Waals surface area contributed by atoms with Crippen LogP contribution in [0.15, 0.2) is 48.8 Å². The molecule has 4 rings (SSSR count). The third-order valence-electron chi connectivity index (χ3n) is 4.80. The van der Waals surface area contributed by atoms with E-state index in [2.05, 4.69) is 30.1 Å². The van der Waals surface area contributed by atoms with Gasteiger partial charge in [0.2, 0.25) is 11.9 Å². The number of hydrogen-bond donors (Lipinski definition) is 1. The Morgan fingerprint density at radius 2 is 1.69 bits per heavy atom. The first kappa shape index (κ1) is 18.8. The van der Waals surface area contributed by atoms with Crippen molar-refractivity contribution in [3.05, 3.63) is 60.0 Å². The fourth-order valence-corrected chi connectivity index (χ4v) is 3.30. The summed E-state index contributed by atoms with van der Waals surface area (Å²) in [7, 11) is 0. The molecule has 3 aromatic rings. The average molecular weight is 389 g/mol. The van der Waals surface area contributed by atoms with Crippen molar-refractivity contribution in [2.24, 2.45) is 0 Å². The average Bonchev–Trinajstić information content (AvgIpc) is 2.74. The first-order valence-electron chi connectivity index (χ1n) is 9.59. The van der Waals surface area contributed by atoms with Gasteiger partial charge in [0.25, 0.3) is 0 Å². The van der Waals surface area contributed by atoms with E-state index >= 15 is 0 Å². The first-order chi connectivity index (χ1) is 14.1. The van der Waals surface area contributed by atoms with E-state index in [-0.39, 0.29) is 5.78 Å². The molecule has 0 bridgehead atoms. The molecule has 148 valence electrons. The molecule has 1 fully saturated rings. The van der Waals surface area contributed by atoms with Crippen LogP contribution in [0.3, 0.4) is 0 Å². The lowest BCUT2D eigenvalue weighted by Gasteiger charge is -2.35. The number of rotatable bonds is 5. The molecule has 0 aliphatic carbocycles. The number of carbonyl (C=O) groups is 1. The molecule has 29 heavy (non-hydrogen) atoms. The molecule has 0 radical (unpaired) electrons. The van der Waals surface area contributed by atoms with Crippen LogP contribution in [0.5, 0.6) is 0 Å². The van der Waals surface area contributed by atoms with Crippen LogP contribution >= 0.6 is 0 Å². The molecule has 0 unspecified atom stereocenters. The number of Topliss-reactive ketones (excluding diaryl/α,β-unsaturated/α-hetero) is 1. The van der Waals surface area contributed by atoms with E-state index < -0.39 is 0 Å². The summed E-state index contributed by atoms with van der Waals surface area (Å²) in [4.78, 5) is 33.9. The fraction of sp³-hybridized carbons (Fsp3) is 0.286. The topological polar surface area (TPSA) is 87.1 Å². The molecule has 3 heterocycles. The molecule has 0 saturated carbocycles. The number of carbonyl (C=O) groups excluding carboxylic acids is 1. The minimum atomic E-state index is 0.0276. The van der Waals surface area contributed by atoms with Gasteiger partial charge in [-0.2, -0.15) is 4.98 Å². The lowest BCUT2D eigenvalue weighted by atomic mass is 10.1. The van der Waals surface area contributed by atoms with E-state index in [4.69, 9.17) is 4.98 Å². The van der Waals surface area contributed by atoms with E-state index in [1.54, 1.807) is 25.4 Å². The molecule has 1 aliphatic heterocycles. The molecular weight excluding hydrogens is 366 g/mol. The highest BCUT2D eigenvalue weighted by molar-refractivity contribution is 5.95. The van der Waals surface area contributed by atoms with Crippen LogP contribution in [0.1, 0.15) is 23.0 Å². The summed E-state index contributed by atoms with van der Waals surface area (Å²) in [6, 6.07) is 11.2. The van der Waals surface area contributed by atoms with Crippen molar-refractivity contribution in [2.75, 3.05) is 41.3 Å². The lowest BCUT2D eigenvalue weighted by molar-refractivity contribution is 0.101. The maximum atomic E-state index is 11.6. The maximum Gasteiger partial charge on any atom is 0.229 e. The van der Waals surface area contributed by atoms with Crippen LogP contribution in [0.2, 0.25) is 0 Å². The van der Waals surface area contributed by atoms with E-state index in [0.29, 0.717) is 11.5 Å². The molecular formula is C21H23N7O. The van der Waals surface area contributed by atoms with Crippen LogP contribution in [0.4, 0.5) is 23.4 Å². The van der Waals surface area contributed by atoms with Crippen LogP contribution in [-0.4, -0.2) is 51.9 Å². The monoisotopic (exact) mass is 389 g/mol. The number of aromatic nitrogens is 4. The second-order valence-corrected chi connectivity index (χ2v) is 6.98. The maximum absolute atomic E-state index is 11.6. The zero-order chi connectivity index (χ0) is 20.2. The Bertz CT molecular complexity index is 1000. The normalized spacial score (nSPS) is 14.0. The van der Waals surface area contributed by atoms with Crippen LogP contribution in [0.25, 0.3) is 0 Å². The molecule has 1 saturated heterocycles. The van der Waals surface area contributed by atoms with Gasteiger partial charge in [0.05, 0.1) is 0 Å². The van der Waals surface area contributed by atoms with E-state index in [0.717, 1.165) is 49.3 Å². The number of ketones is 1. The molecule has 1 aliphatic rings. The van der Waals surface area contributed by atoms with Gasteiger partial charge in [0.15, 0.2) is 5.78 Å². The van der Waals surface area contributed by atoms with Crippen LogP contribution < -0.4 is 15.1 Å². The van der Waals surface area contributed by atoms with Gasteiger partial charge in [-0.25, -0.2) is 15.0 Å². The SMILES string of the molecule is CC(=O)c1cccc(Nc2nc(C)cc(N3CCN(c4ncccn4)CC3)n2)c1. The van der Waals surface area contributed by atoms with Gasteiger partial charge >= 0.3 is 0 Å². The summed E-state index contributed by atoms with van der Waals surface area (Å²) < 4.78 is 0. The third kappa shape index (κ3) is 4.48. The summed E-state index contributed by atoms with van der Waals surface area (Å²) in [6.45, 7) is 6.83. The minimum absolute atomic E-state index is 0.0276. The summed E-state index contributed by atoms with van der Waals surface area (Å²) in [5.41, 5.74) is 2.33. The van der Waals surface area contributed by atoms with E-state index in [1.807, 2.05) is 37.3 Å². The molecule has 1 aromatic carbocycles. The van der Waals surface area contributed by atoms with E-state index in [9.17, 15) is 4.79 Å². The van der Waals surface area contributed by atoms with Crippen LogP contribution in [-0.2, 0) is 0 Å². The highest BCUT2D eigenvalue weighted by Crippen LogP contribution is 2.21. The second-order valence-electron chi connectivity index (χ2n) is 6.98. The summed E-state index contributed by atoms with van der Waals surface area (Å²) in [5.74, 6) is 2.20. The van der Waals surface area contributed by atoms with Crippen molar-refractivity contribution >= 4 is 29.2 Å². The molecule has 1 N–H and O–H groups in total. The molecule has 0 amide bonds. The number of piperazine rings is 1. The Morgan fingerprint density at radius 3 is 2.41 bits per heavy atom. The number of aryl methyl sites for hydroxylation is 1. The highest BCUT2D eigenvalue weighted by Gasteiger charge is 2.20. The number of nitrogens with zero attached hydrogens (tertiary/aromatic N) is 6. The van der Waals surface area contributed by atoms with Crippen LogP contribution in [0, 0.1) is 6.92 Å². The number of nitrogens with one attached hydrogen (secondary N) is 1. The number of hydrogen-bond acceptors (Lipinski definition) is 8. The molecule has 0 atom stereocenters. The van der Waals surface area contributed by atoms with Gasteiger partial charge in [0.1, 0.15) is 5.82 Å². The highest BCUT2D eigenvalue weighted by atomic mass is 16.1. The van der Waals surface area contributed by atoms with Crippen molar-refractivity contribution in [2.45, 2.75) is 13.8 Å². The molecule has 0 spiro atoms. The number of benzene rings is 1. The van der Waals surface area contributed by atoms with Gasteiger partial charge in [0, 0.05) is 61.6 Å². The number of anilines is 4. The fourth-order valence-electron chi connectivity index (χ4n) is 3.30. The van der Waals surface area contributed by atoms with Crippen molar-refractivity contribution in [1.82, 2.24) is 19.9 Å². The van der Waals surface area contributed by atoms with Crippen molar-refractivity contribution in [3.8, 4) is 0 Å². The smallest absolute Gasteiger partial charge is 0.229 e. The van der Waals surface area contributed by atoms with Gasteiger partial charge in [-0.15, -0.1) is 0 Å². The van der Waals surface area contributed by atoms with Gasteiger partial charge < -0.3 is 15.1 Å². The zero-order valence-electron chi connectivity index (χ0n) is 16.5. The standard InChI is InChI=1S/C21H23N7O/c1-15-13-19(27-9-11-28(12-10-27)21-22-7-4-8-23-21)26-20(24-15)25-18-6-3-5-17(14-18)16(2)29/h3-8,13-14H,9-12H2,1-2H3,(H,24,25,26). The second kappa shape index (κ2) is 8.22. The van der Waals surface area contributed by atoms with Crippen molar-refractivity contribution < 1.29 is 4.79 Å². The summed E-state index contributed by atoms with van der Waals surface area (Å²) in [6.07, 6.45) is 3.53. The molecule has 8 nitrogen and oxygen atoms in total. The Hall–Kier alpha value is -3.55. The Balaban J connectivity index is 1.48. The lowest BCUT2D eigenvalue weighted by Crippen LogP contribution is -2.47. The Kier molecular flexibility index (Phi) is 5.33. The minimum Gasteiger partial charge on any atom is -0.353 e. The van der Waals surface area contributed by atoms with Gasteiger partial charge in [-0.05, 0) is 32.0 Å². The first-order valence-corrected chi connectivity index (χ1v) is 9.59. The predicted molar refractivity (Wildman–Crippen MR) is 113 cm³/mol. The van der Waals surface area contributed by atoms with Gasteiger partial charge in [-0.3, -0.25) is 4.79 Å². The van der Waals surface area contributed by atoms with E-state index in [1.165, 1.54) is 0 Å². The molecule has 8 heteroatoms. The third-order valence-corrected chi connectivity index (χ3v) is 4.80. The largest absolute Gasteiger partial charge is 0.353 e. The Morgan fingerprint density at radius 1 is 0.966 bits per heavy atom.